The SMILES string of the molecule is CCc1nc2ccccc2n1-c1ccc(-c2c3ccccc3c(-c3ccc(-c4ccccc4)c4ccccc34)c3ccc(-c4ccccc4)cc23)cc1. The molecule has 0 atom stereocenters. The summed E-state index contributed by atoms with van der Waals surface area (Å²) in [5.41, 5.74) is 13.1. The summed E-state index contributed by atoms with van der Waals surface area (Å²) < 4.78 is 2.30. The van der Waals surface area contributed by atoms with Crippen LogP contribution in [-0.4, -0.2) is 9.55 Å². The van der Waals surface area contributed by atoms with Crippen molar-refractivity contribution in [3.63, 3.8) is 0 Å². The van der Waals surface area contributed by atoms with Crippen LogP contribution in [0.25, 0.3) is 93.5 Å². The second kappa shape index (κ2) is 12.8. The Morgan fingerprint density at radius 2 is 0.943 bits per heavy atom. The van der Waals surface area contributed by atoms with E-state index in [2.05, 4.69) is 200 Å². The number of imidazole rings is 1. The Balaban J connectivity index is 1.25. The normalized spacial score (nSPS) is 11.6. The van der Waals surface area contributed by atoms with Crippen molar-refractivity contribution < 1.29 is 0 Å². The fourth-order valence-electron chi connectivity index (χ4n) is 8.35. The predicted molar refractivity (Wildman–Crippen MR) is 225 cm³/mol. The van der Waals surface area contributed by atoms with Crippen molar-refractivity contribution >= 4 is 43.4 Å². The minimum Gasteiger partial charge on any atom is -0.296 e. The first kappa shape index (κ1) is 31.0. The summed E-state index contributed by atoms with van der Waals surface area (Å²) in [6.07, 6.45) is 0.858. The van der Waals surface area contributed by atoms with Crippen LogP contribution in [0.5, 0.6) is 0 Å². The second-order valence-corrected chi connectivity index (χ2v) is 13.7. The molecule has 1 heterocycles. The number of benzene rings is 9. The molecule has 2 heteroatoms. The van der Waals surface area contributed by atoms with Crippen LogP contribution in [0.15, 0.2) is 188 Å². The van der Waals surface area contributed by atoms with Crippen LogP contribution >= 0.6 is 0 Å². The molecule has 9 aromatic carbocycles. The maximum absolute atomic E-state index is 4.95. The molecule has 2 nitrogen and oxygen atoms in total. The summed E-state index contributed by atoms with van der Waals surface area (Å²) >= 11 is 0. The van der Waals surface area contributed by atoms with Crippen LogP contribution in [0.2, 0.25) is 0 Å². The third-order valence-corrected chi connectivity index (χ3v) is 10.8. The minimum absolute atomic E-state index is 0.858. The number of para-hydroxylation sites is 2. The molecule has 0 aliphatic heterocycles. The lowest BCUT2D eigenvalue weighted by Gasteiger charge is -2.20. The van der Waals surface area contributed by atoms with E-state index in [0.29, 0.717) is 0 Å². The van der Waals surface area contributed by atoms with Crippen LogP contribution in [0.4, 0.5) is 0 Å². The monoisotopic (exact) mass is 676 g/mol. The Morgan fingerprint density at radius 1 is 0.396 bits per heavy atom. The van der Waals surface area contributed by atoms with Gasteiger partial charge in [0.25, 0.3) is 0 Å². The summed E-state index contributed by atoms with van der Waals surface area (Å²) in [5.74, 6) is 1.07. The van der Waals surface area contributed by atoms with Crippen molar-refractivity contribution in [2.45, 2.75) is 13.3 Å². The highest BCUT2D eigenvalue weighted by Gasteiger charge is 2.20. The zero-order valence-corrected chi connectivity index (χ0v) is 29.5. The van der Waals surface area contributed by atoms with Crippen LogP contribution < -0.4 is 0 Å². The molecule has 0 fully saturated rings. The molecule has 0 radical (unpaired) electrons. The van der Waals surface area contributed by atoms with Gasteiger partial charge in [0.1, 0.15) is 5.82 Å². The number of fused-ring (bicyclic) bond motifs is 4. The molecule has 0 aliphatic carbocycles. The van der Waals surface area contributed by atoms with Gasteiger partial charge in [0.05, 0.1) is 11.0 Å². The summed E-state index contributed by atoms with van der Waals surface area (Å²) in [6.45, 7) is 2.18. The quantitative estimate of drug-likeness (QED) is 0.160. The van der Waals surface area contributed by atoms with Crippen LogP contribution in [0.3, 0.4) is 0 Å². The molecule has 0 spiro atoms. The molecule has 0 bridgehead atoms. The highest BCUT2D eigenvalue weighted by molar-refractivity contribution is 6.24. The van der Waals surface area contributed by atoms with Crippen molar-refractivity contribution in [1.82, 2.24) is 9.55 Å². The summed E-state index contributed by atoms with van der Waals surface area (Å²) in [6, 6.07) is 68.5. The molecule has 10 aromatic rings. The van der Waals surface area contributed by atoms with Gasteiger partial charge in [-0.1, -0.05) is 165 Å². The van der Waals surface area contributed by atoms with Gasteiger partial charge in [-0.3, -0.25) is 4.57 Å². The van der Waals surface area contributed by atoms with Gasteiger partial charge in [0, 0.05) is 12.1 Å². The van der Waals surface area contributed by atoms with Crippen molar-refractivity contribution in [3.8, 4) is 50.2 Å². The van der Waals surface area contributed by atoms with Gasteiger partial charge in [-0.15, -0.1) is 0 Å². The molecule has 0 saturated carbocycles. The lowest BCUT2D eigenvalue weighted by Crippen LogP contribution is -2.00. The summed E-state index contributed by atoms with van der Waals surface area (Å²) in [4.78, 5) is 4.95. The van der Waals surface area contributed by atoms with E-state index < -0.39 is 0 Å². The van der Waals surface area contributed by atoms with Crippen molar-refractivity contribution in [1.29, 1.82) is 0 Å². The van der Waals surface area contributed by atoms with Gasteiger partial charge in [-0.2, -0.15) is 0 Å². The van der Waals surface area contributed by atoms with E-state index in [-0.39, 0.29) is 0 Å². The topological polar surface area (TPSA) is 17.8 Å². The molecule has 0 saturated heterocycles. The fourth-order valence-corrected chi connectivity index (χ4v) is 8.35. The number of hydrogen-bond donors (Lipinski definition) is 0. The number of rotatable bonds is 6. The van der Waals surface area contributed by atoms with E-state index in [4.69, 9.17) is 4.98 Å². The maximum Gasteiger partial charge on any atom is 0.114 e. The van der Waals surface area contributed by atoms with E-state index >= 15 is 0 Å². The highest BCUT2D eigenvalue weighted by atomic mass is 15.1. The third-order valence-electron chi connectivity index (χ3n) is 10.8. The van der Waals surface area contributed by atoms with Gasteiger partial charge >= 0.3 is 0 Å². The average molecular weight is 677 g/mol. The molecular formula is C51H36N2. The summed E-state index contributed by atoms with van der Waals surface area (Å²) in [5, 5.41) is 7.49. The predicted octanol–water partition coefficient (Wildman–Crippen LogP) is 13.7. The Morgan fingerprint density at radius 3 is 1.66 bits per heavy atom. The molecule has 0 N–H and O–H groups in total. The zero-order chi connectivity index (χ0) is 35.3. The first-order valence-corrected chi connectivity index (χ1v) is 18.5. The Bertz CT molecular complexity index is 2960. The number of aryl methyl sites for hydroxylation is 1. The molecule has 1 aromatic heterocycles. The summed E-state index contributed by atoms with van der Waals surface area (Å²) in [7, 11) is 0. The van der Waals surface area contributed by atoms with Gasteiger partial charge in [0.15, 0.2) is 0 Å². The standard InChI is InChI=1S/C51H36N2/c1-2-49-52-47-23-13-14-24-48(47)53(49)38-28-25-36(26-29-38)50-42-21-11-12-22-43(42)51(45-30-27-37(33-46(45)50)34-15-5-3-6-16-34)44-32-31-39(35-17-7-4-8-18-35)40-19-9-10-20-41(40)44/h3-33H,2H2,1H3. The van der Waals surface area contributed by atoms with Crippen molar-refractivity contribution in [2.75, 3.05) is 0 Å². The number of aromatic nitrogens is 2. The first-order valence-electron chi connectivity index (χ1n) is 18.5. The van der Waals surface area contributed by atoms with E-state index in [0.717, 1.165) is 29.0 Å². The van der Waals surface area contributed by atoms with Crippen molar-refractivity contribution in [2.24, 2.45) is 0 Å². The van der Waals surface area contributed by atoms with E-state index in [1.54, 1.807) is 0 Å². The minimum atomic E-state index is 0.858. The Kier molecular flexibility index (Phi) is 7.47. The molecule has 53 heavy (non-hydrogen) atoms. The largest absolute Gasteiger partial charge is 0.296 e. The van der Waals surface area contributed by atoms with Crippen LogP contribution in [0.1, 0.15) is 12.7 Å². The Hall–Kier alpha value is -6.77. The lowest BCUT2D eigenvalue weighted by atomic mass is 9.83. The smallest absolute Gasteiger partial charge is 0.114 e. The lowest BCUT2D eigenvalue weighted by molar-refractivity contribution is 0.908. The third kappa shape index (κ3) is 5.14. The Labute approximate surface area is 309 Å². The fraction of sp³-hybridized carbons (Fsp3) is 0.0392. The number of hydrogen-bond acceptors (Lipinski definition) is 1. The van der Waals surface area contributed by atoms with Gasteiger partial charge in [-0.05, 0) is 107 Å². The van der Waals surface area contributed by atoms with Crippen LogP contribution in [0, 0.1) is 0 Å². The van der Waals surface area contributed by atoms with Crippen LogP contribution in [-0.2, 0) is 6.42 Å². The zero-order valence-electron chi connectivity index (χ0n) is 29.5. The second-order valence-electron chi connectivity index (χ2n) is 13.7. The molecular weight excluding hydrogens is 641 g/mol. The molecule has 10 rings (SSSR count). The number of nitrogens with zero attached hydrogens (tertiary/aromatic N) is 2. The molecule has 250 valence electrons. The van der Waals surface area contributed by atoms with E-state index in [1.807, 2.05) is 0 Å². The molecule has 0 aliphatic rings. The molecule has 0 unspecified atom stereocenters. The maximum atomic E-state index is 4.95. The van der Waals surface area contributed by atoms with E-state index in [9.17, 15) is 0 Å². The van der Waals surface area contributed by atoms with Gasteiger partial charge < -0.3 is 0 Å². The molecule has 0 amide bonds. The van der Waals surface area contributed by atoms with Crippen molar-refractivity contribution in [3.05, 3.63) is 194 Å². The highest BCUT2D eigenvalue weighted by Crippen LogP contribution is 2.47. The first-order chi connectivity index (χ1) is 26.3. The van der Waals surface area contributed by atoms with Gasteiger partial charge in [0.2, 0.25) is 0 Å². The van der Waals surface area contributed by atoms with E-state index in [1.165, 1.54) is 76.8 Å². The van der Waals surface area contributed by atoms with Gasteiger partial charge in [-0.25, -0.2) is 4.98 Å². The average Bonchev–Trinajstić information content (AvgIpc) is 3.62.